The van der Waals surface area contributed by atoms with Crippen LogP contribution in [0.25, 0.3) is 0 Å². The average Bonchev–Trinajstić information content (AvgIpc) is 2.90. The lowest BCUT2D eigenvalue weighted by Gasteiger charge is -2.35. The molecule has 3 rings (SSSR count). The van der Waals surface area contributed by atoms with E-state index in [0.29, 0.717) is 12.0 Å². The molecule has 0 aliphatic carbocycles. The first-order valence-corrected chi connectivity index (χ1v) is 8.02. The summed E-state index contributed by atoms with van der Waals surface area (Å²) in [7, 11) is 0. The molecule has 2 heterocycles. The highest BCUT2D eigenvalue weighted by atomic mass is 16.5. The Morgan fingerprint density at radius 1 is 1.35 bits per heavy atom. The van der Waals surface area contributed by atoms with Gasteiger partial charge in [0.1, 0.15) is 0 Å². The molecule has 1 N–H and O–H groups in total. The van der Waals surface area contributed by atoms with Crippen LogP contribution in [0, 0.1) is 5.92 Å². The molecule has 0 aromatic heterocycles. The molecule has 2 aliphatic rings. The first-order valence-electron chi connectivity index (χ1n) is 8.02. The monoisotopic (exact) mass is 274 g/mol. The Balaban J connectivity index is 1.64. The first kappa shape index (κ1) is 13.9. The van der Waals surface area contributed by atoms with Crippen molar-refractivity contribution in [2.75, 3.05) is 37.7 Å². The maximum absolute atomic E-state index is 5.72. The minimum atomic E-state index is 0.612. The second-order valence-corrected chi connectivity index (χ2v) is 6.01. The smallest absolute Gasteiger partial charge is 0.0526 e. The van der Waals surface area contributed by atoms with Crippen molar-refractivity contribution < 1.29 is 4.74 Å². The summed E-state index contributed by atoms with van der Waals surface area (Å²) in [6.07, 6.45) is 3.55. The van der Waals surface area contributed by atoms with Crippen LogP contribution in [-0.4, -0.2) is 38.9 Å². The number of hydrogen-bond acceptors (Lipinski definition) is 3. The molecule has 3 nitrogen and oxygen atoms in total. The quantitative estimate of drug-likeness (QED) is 0.892. The Hall–Kier alpha value is -1.06. The fourth-order valence-corrected chi connectivity index (χ4v) is 3.45. The Kier molecular flexibility index (Phi) is 4.58. The van der Waals surface area contributed by atoms with Crippen LogP contribution < -0.4 is 10.2 Å². The van der Waals surface area contributed by atoms with Crippen LogP contribution in [0.4, 0.5) is 5.69 Å². The molecular weight excluding hydrogens is 248 g/mol. The maximum Gasteiger partial charge on any atom is 0.0526 e. The van der Waals surface area contributed by atoms with Crippen molar-refractivity contribution in [3.05, 3.63) is 29.8 Å². The standard InChI is InChI=1S/C17H26N2O/c1-2-9-18-16-8-11-20-13-15(16)12-19-10-7-14-5-3-4-6-17(14)19/h3-6,15-16,18H,2,7-13H2,1H3. The average molecular weight is 274 g/mol. The minimum absolute atomic E-state index is 0.612. The van der Waals surface area contributed by atoms with Gasteiger partial charge in [-0.1, -0.05) is 25.1 Å². The fraction of sp³-hybridized carbons (Fsp3) is 0.647. The van der Waals surface area contributed by atoms with Crippen molar-refractivity contribution in [3.8, 4) is 0 Å². The molecule has 1 aromatic rings. The number of anilines is 1. The number of ether oxygens (including phenoxy) is 1. The molecule has 3 heteroatoms. The summed E-state index contributed by atoms with van der Waals surface area (Å²) in [5, 5.41) is 3.71. The predicted octanol–water partition coefficient (Wildman–Crippen LogP) is 2.45. The van der Waals surface area contributed by atoms with Gasteiger partial charge >= 0.3 is 0 Å². The third-order valence-electron chi connectivity index (χ3n) is 4.57. The van der Waals surface area contributed by atoms with Gasteiger partial charge in [-0.25, -0.2) is 0 Å². The molecule has 110 valence electrons. The summed E-state index contributed by atoms with van der Waals surface area (Å²) >= 11 is 0. The second kappa shape index (κ2) is 6.59. The molecule has 1 aromatic carbocycles. The molecule has 1 saturated heterocycles. The number of rotatable bonds is 5. The van der Waals surface area contributed by atoms with Gasteiger partial charge in [0.25, 0.3) is 0 Å². The molecule has 1 fully saturated rings. The van der Waals surface area contributed by atoms with Gasteiger partial charge < -0.3 is 15.0 Å². The number of nitrogens with one attached hydrogen (secondary N) is 1. The summed E-state index contributed by atoms with van der Waals surface area (Å²) in [6.45, 7) is 7.46. The molecule has 2 unspecified atom stereocenters. The molecule has 0 radical (unpaired) electrons. The zero-order valence-corrected chi connectivity index (χ0v) is 12.5. The summed E-state index contributed by atoms with van der Waals surface area (Å²) in [6, 6.07) is 9.45. The zero-order chi connectivity index (χ0) is 13.8. The van der Waals surface area contributed by atoms with E-state index in [1.54, 1.807) is 0 Å². The molecule has 2 aliphatic heterocycles. The number of fused-ring (bicyclic) bond motifs is 1. The normalized spacial score (nSPS) is 25.8. The van der Waals surface area contributed by atoms with E-state index in [4.69, 9.17) is 4.74 Å². The van der Waals surface area contributed by atoms with E-state index in [9.17, 15) is 0 Å². The van der Waals surface area contributed by atoms with Crippen LogP contribution >= 0.6 is 0 Å². The van der Waals surface area contributed by atoms with E-state index in [0.717, 1.165) is 39.3 Å². The highest BCUT2D eigenvalue weighted by Crippen LogP contribution is 2.29. The van der Waals surface area contributed by atoms with Gasteiger partial charge in [0.05, 0.1) is 6.61 Å². The van der Waals surface area contributed by atoms with Crippen LogP contribution in [0.2, 0.25) is 0 Å². The summed E-state index contributed by atoms with van der Waals surface area (Å²) in [5.74, 6) is 0.612. The van der Waals surface area contributed by atoms with Gasteiger partial charge in [0.15, 0.2) is 0 Å². The van der Waals surface area contributed by atoms with Gasteiger partial charge in [-0.05, 0) is 37.4 Å². The van der Waals surface area contributed by atoms with E-state index in [2.05, 4.69) is 41.4 Å². The molecule has 2 atom stereocenters. The molecule has 0 bridgehead atoms. The Bertz CT molecular complexity index is 435. The zero-order valence-electron chi connectivity index (χ0n) is 12.5. The lowest BCUT2D eigenvalue weighted by molar-refractivity contribution is 0.0349. The highest BCUT2D eigenvalue weighted by molar-refractivity contribution is 5.57. The molecular formula is C17H26N2O. The minimum Gasteiger partial charge on any atom is -0.381 e. The van der Waals surface area contributed by atoms with Crippen molar-refractivity contribution in [3.63, 3.8) is 0 Å². The summed E-state index contributed by atoms with van der Waals surface area (Å²) in [4.78, 5) is 2.55. The summed E-state index contributed by atoms with van der Waals surface area (Å²) in [5.41, 5.74) is 2.94. The van der Waals surface area contributed by atoms with Crippen LogP contribution in [0.15, 0.2) is 24.3 Å². The van der Waals surface area contributed by atoms with Gasteiger partial charge in [-0.15, -0.1) is 0 Å². The SMILES string of the molecule is CCCNC1CCOCC1CN1CCc2ccccc21. The molecule has 20 heavy (non-hydrogen) atoms. The van der Waals surface area contributed by atoms with E-state index >= 15 is 0 Å². The molecule has 0 spiro atoms. The van der Waals surface area contributed by atoms with E-state index in [1.165, 1.54) is 24.1 Å². The van der Waals surface area contributed by atoms with Crippen molar-refractivity contribution >= 4 is 5.69 Å². The first-order chi connectivity index (χ1) is 9.88. The van der Waals surface area contributed by atoms with Crippen molar-refractivity contribution in [1.82, 2.24) is 5.32 Å². The van der Waals surface area contributed by atoms with Crippen molar-refractivity contribution in [1.29, 1.82) is 0 Å². The van der Waals surface area contributed by atoms with Crippen molar-refractivity contribution in [2.24, 2.45) is 5.92 Å². The van der Waals surface area contributed by atoms with Gasteiger partial charge in [-0.3, -0.25) is 0 Å². The third kappa shape index (κ3) is 2.99. The molecule has 0 saturated carbocycles. The Labute approximate surface area is 122 Å². The van der Waals surface area contributed by atoms with Gasteiger partial charge in [0, 0.05) is 37.3 Å². The summed E-state index contributed by atoms with van der Waals surface area (Å²) < 4.78 is 5.72. The lowest BCUT2D eigenvalue weighted by atomic mass is 9.95. The van der Waals surface area contributed by atoms with Crippen LogP contribution in [0.1, 0.15) is 25.3 Å². The molecule has 0 amide bonds. The topological polar surface area (TPSA) is 24.5 Å². The number of benzene rings is 1. The lowest BCUT2D eigenvalue weighted by Crippen LogP contribution is -2.47. The third-order valence-corrected chi connectivity index (χ3v) is 4.57. The van der Waals surface area contributed by atoms with Gasteiger partial charge in [-0.2, -0.15) is 0 Å². The predicted molar refractivity (Wildman–Crippen MR) is 83.4 cm³/mol. The fourth-order valence-electron chi connectivity index (χ4n) is 3.45. The van der Waals surface area contributed by atoms with Gasteiger partial charge in [0.2, 0.25) is 0 Å². The van der Waals surface area contributed by atoms with Crippen LogP contribution in [0.3, 0.4) is 0 Å². The van der Waals surface area contributed by atoms with Crippen LogP contribution in [-0.2, 0) is 11.2 Å². The Morgan fingerprint density at radius 2 is 2.25 bits per heavy atom. The van der Waals surface area contributed by atoms with E-state index in [-0.39, 0.29) is 0 Å². The van der Waals surface area contributed by atoms with E-state index < -0.39 is 0 Å². The number of para-hydroxylation sites is 1. The number of hydrogen-bond donors (Lipinski definition) is 1. The van der Waals surface area contributed by atoms with Crippen LogP contribution in [0.5, 0.6) is 0 Å². The number of nitrogens with zero attached hydrogens (tertiary/aromatic N) is 1. The largest absolute Gasteiger partial charge is 0.381 e. The second-order valence-electron chi connectivity index (χ2n) is 6.01. The maximum atomic E-state index is 5.72. The highest BCUT2D eigenvalue weighted by Gasteiger charge is 2.29. The van der Waals surface area contributed by atoms with E-state index in [1.807, 2.05) is 0 Å². The Morgan fingerprint density at radius 3 is 3.15 bits per heavy atom. The van der Waals surface area contributed by atoms with Crippen molar-refractivity contribution in [2.45, 2.75) is 32.2 Å².